The van der Waals surface area contributed by atoms with E-state index in [1.807, 2.05) is 13.0 Å². The van der Waals surface area contributed by atoms with Crippen LogP contribution in [0.15, 0.2) is 29.5 Å². The standard InChI is InChI=1S/C10H12N6O/c1-7-3-4-12-8(5-7)16-6-13-9(15(2)11)14-10(16)17/h3-6H,11H2,1-2H3. The number of aryl methyl sites for hydroxylation is 1. The van der Waals surface area contributed by atoms with Crippen LogP contribution in [0.2, 0.25) is 0 Å². The minimum atomic E-state index is -0.467. The van der Waals surface area contributed by atoms with Crippen molar-refractivity contribution >= 4 is 5.95 Å². The first-order valence-electron chi connectivity index (χ1n) is 4.95. The molecule has 2 heterocycles. The Hall–Kier alpha value is -2.28. The molecular weight excluding hydrogens is 220 g/mol. The second kappa shape index (κ2) is 4.30. The molecule has 0 atom stereocenters. The molecule has 17 heavy (non-hydrogen) atoms. The third kappa shape index (κ3) is 2.28. The first-order chi connectivity index (χ1) is 8.08. The van der Waals surface area contributed by atoms with Crippen LogP contribution in [0.5, 0.6) is 0 Å². The van der Waals surface area contributed by atoms with E-state index in [4.69, 9.17) is 5.84 Å². The highest BCUT2D eigenvalue weighted by Gasteiger charge is 2.06. The monoisotopic (exact) mass is 232 g/mol. The summed E-state index contributed by atoms with van der Waals surface area (Å²) in [5, 5.41) is 1.18. The zero-order valence-electron chi connectivity index (χ0n) is 9.53. The van der Waals surface area contributed by atoms with Crippen molar-refractivity contribution < 1.29 is 0 Å². The maximum Gasteiger partial charge on any atom is 0.357 e. The molecule has 0 aliphatic rings. The molecule has 0 radical (unpaired) electrons. The van der Waals surface area contributed by atoms with Crippen LogP contribution in [0.25, 0.3) is 5.82 Å². The van der Waals surface area contributed by atoms with Crippen LogP contribution in [0.3, 0.4) is 0 Å². The molecule has 0 fully saturated rings. The fourth-order valence-electron chi connectivity index (χ4n) is 1.31. The van der Waals surface area contributed by atoms with Gasteiger partial charge in [-0.25, -0.2) is 25.2 Å². The lowest BCUT2D eigenvalue weighted by Crippen LogP contribution is -2.32. The number of nitrogens with two attached hydrogens (primary N) is 1. The molecular formula is C10H12N6O. The molecule has 0 aromatic carbocycles. The fourth-order valence-corrected chi connectivity index (χ4v) is 1.31. The molecule has 2 aromatic rings. The smallest absolute Gasteiger partial charge is 0.282 e. The van der Waals surface area contributed by atoms with E-state index in [0.717, 1.165) is 5.56 Å². The van der Waals surface area contributed by atoms with Crippen molar-refractivity contribution in [3.63, 3.8) is 0 Å². The minimum Gasteiger partial charge on any atom is -0.282 e. The van der Waals surface area contributed by atoms with E-state index in [-0.39, 0.29) is 5.95 Å². The van der Waals surface area contributed by atoms with Crippen molar-refractivity contribution in [3.05, 3.63) is 40.7 Å². The molecule has 0 saturated heterocycles. The van der Waals surface area contributed by atoms with Gasteiger partial charge in [0.05, 0.1) is 0 Å². The largest absolute Gasteiger partial charge is 0.357 e. The number of nitrogens with zero attached hydrogens (tertiary/aromatic N) is 5. The van der Waals surface area contributed by atoms with Crippen molar-refractivity contribution in [1.82, 2.24) is 19.5 Å². The Kier molecular flexibility index (Phi) is 2.84. The van der Waals surface area contributed by atoms with Crippen LogP contribution < -0.4 is 16.5 Å². The molecule has 7 heteroatoms. The summed E-state index contributed by atoms with van der Waals surface area (Å²) in [6.07, 6.45) is 2.98. The zero-order chi connectivity index (χ0) is 12.4. The van der Waals surface area contributed by atoms with Crippen molar-refractivity contribution in [3.8, 4) is 5.82 Å². The maximum absolute atomic E-state index is 11.7. The third-order valence-electron chi connectivity index (χ3n) is 2.15. The van der Waals surface area contributed by atoms with Gasteiger partial charge in [0.15, 0.2) is 0 Å². The molecule has 0 saturated carbocycles. The molecule has 0 amide bonds. The van der Waals surface area contributed by atoms with Crippen LogP contribution in [0.1, 0.15) is 5.56 Å². The molecule has 0 spiro atoms. The molecule has 0 unspecified atom stereocenters. The van der Waals surface area contributed by atoms with Crippen LogP contribution >= 0.6 is 0 Å². The molecule has 2 rings (SSSR count). The third-order valence-corrected chi connectivity index (χ3v) is 2.15. The SMILES string of the molecule is Cc1ccnc(-n2cnc(N(C)N)nc2=O)c1. The molecule has 0 aliphatic carbocycles. The summed E-state index contributed by atoms with van der Waals surface area (Å²) in [7, 11) is 1.56. The lowest BCUT2D eigenvalue weighted by molar-refractivity contribution is 0.803. The van der Waals surface area contributed by atoms with Crippen LogP contribution in [0, 0.1) is 6.92 Å². The highest BCUT2D eigenvalue weighted by Crippen LogP contribution is 2.03. The van der Waals surface area contributed by atoms with E-state index < -0.39 is 5.69 Å². The van der Waals surface area contributed by atoms with E-state index in [9.17, 15) is 4.79 Å². The molecule has 0 bridgehead atoms. The van der Waals surface area contributed by atoms with Crippen molar-refractivity contribution in [1.29, 1.82) is 0 Å². The Labute approximate surface area is 97.5 Å². The Morgan fingerprint density at radius 1 is 1.41 bits per heavy atom. The van der Waals surface area contributed by atoms with E-state index >= 15 is 0 Å². The second-order valence-corrected chi connectivity index (χ2v) is 3.61. The van der Waals surface area contributed by atoms with Gasteiger partial charge in [0.1, 0.15) is 12.1 Å². The molecule has 2 aromatic heterocycles. The van der Waals surface area contributed by atoms with Gasteiger partial charge in [-0.15, -0.1) is 0 Å². The topological polar surface area (TPSA) is 89.9 Å². The van der Waals surface area contributed by atoms with Crippen LogP contribution in [-0.4, -0.2) is 26.6 Å². The minimum absolute atomic E-state index is 0.166. The Bertz CT molecular complexity index is 591. The second-order valence-electron chi connectivity index (χ2n) is 3.61. The quantitative estimate of drug-likeness (QED) is 0.561. The van der Waals surface area contributed by atoms with Gasteiger partial charge < -0.3 is 0 Å². The highest BCUT2D eigenvalue weighted by molar-refractivity contribution is 5.28. The lowest BCUT2D eigenvalue weighted by Gasteiger charge is -2.09. The summed E-state index contributed by atoms with van der Waals surface area (Å²) in [6.45, 7) is 1.92. The van der Waals surface area contributed by atoms with Crippen molar-refractivity contribution in [2.45, 2.75) is 6.92 Å². The zero-order valence-corrected chi connectivity index (χ0v) is 9.53. The summed E-state index contributed by atoms with van der Waals surface area (Å²) >= 11 is 0. The van der Waals surface area contributed by atoms with Gasteiger partial charge in [-0.3, -0.25) is 5.01 Å². The molecule has 7 nitrogen and oxygen atoms in total. The van der Waals surface area contributed by atoms with Gasteiger partial charge in [-0.2, -0.15) is 4.98 Å². The average Bonchev–Trinajstić information content (AvgIpc) is 2.28. The Morgan fingerprint density at radius 3 is 2.76 bits per heavy atom. The van der Waals surface area contributed by atoms with Gasteiger partial charge in [0.25, 0.3) is 0 Å². The molecule has 88 valence electrons. The summed E-state index contributed by atoms with van der Waals surface area (Å²) in [5.41, 5.74) is 0.535. The predicted octanol–water partition coefficient (Wildman–Crippen LogP) is -0.359. The lowest BCUT2D eigenvalue weighted by atomic mass is 10.3. The first-order valence-corrected chi connectivity index (χ1v) is 4.95. The number of hydrogen-bond donors (Lipinski definition) is 1. The van der Waals surface area contributed by atoms with Crippen LogP contribution in [0.4, 0.5) is 5.95 Å². The molecule has 0 aliphatic heterocycles. The summed E-state index contributed by atoms with van der Waals surface area (Å²) < 4.78 is 1.26. The normalized spacial score (nSPS) is 10.3. The summed E-state index contributed by atoms with van der Waals surface area (Å²) in [4.78, 5) is 23.5. The first kappa shape index (κ1) is 11.2. The van der Waals surface area contributed by atoms with Gasteiger partial charge >= 0.3 is 5.69 Å². The summed E-state index contributed by atoms with van der Waals surface area (Å²) in [6, 6.07) is 3.62. The van der Waals surface area contributed by atoms with Crippen molar-refractivity contribution in [2.75, 3.05) is 12.1 Å². The van der Waals surface area contributed by atoms with Gasteiger partial charge in [0, 0.05) is 13.2 Å². The molecule has 2 N–H and O–H groups in total. The highest BCUT2D eigenvalue weighted by atomic mass is 16.1. The van der Waals surface area contributed by atoms with E-state index in [1.54, 1.807) is 19.3 Å². The average molecular weight is 232 g/mol. The van der Waals surface area contributed by atoms with Gasteiger partial charge in [-0.1, -0.05) is 0 Å². The predicted molar refractivity (Wildman–Crippen MR) is 62.8 cm³/mol. The number of hydrazine groups is 1. The maximum atomic E-state index is 11.7. The van der Waals surface area contributed by atoms with Gasteiger partial charge in [-0.05, 0) is 24.6 Å². The summed E-state index contributed by atoms with van der Waals surface area (Å²) in [5.74, 6) is 6.09. The number of aromatic nitrogens is 4. The number of rotatable bonds is 2. The number of hydrogen-bond acceptors (Lipinski definition) is 6. The van der Waals surface area contributed by atoms with Crippen LogP contribution in [-0.2, 0) is 0 Å². The number of anilines is 1. The Balaban J connectivity index is 2.51. The number of pyridine rings is 1. The fraction of sp³-hybridized carbons (Fsp3) is 0.200. The van der Waals surface area contributed by atoms with E-state index in [2.05, 4.69) is 15.0 Å². The van der Waals surface area contributed by atoms with E-state index in [1.165, 1.54) is 15.9 Å². The van der Waals surface area contributed by atoms with Crippen molar-refractivity contribution in [2.24, 2.45) is 5.84 Å². The van der Waals surface area contributed by atoms with E-state index in [0.29, 0.717) is 5.82 Å². The Morgan fingerprint density at radius 2 is 2.18 bits per heavy atom. The van der Waals surface area contributed by atoms with Gasteiger partial charge in [0.2, 0.25) is 5.95 Å².